The summed E-state index contributed by atoms with van der Waals surface area (Å²) in [6.45, 7) is 3.34. The maximum atomic E-state index is 12.9. The van der Waals surface area contributed by atoms with Crippen LogP contribution in [0.3, 0.4) is 0 Å². The summed E-state index contributed by atoms with van der Waals surface area (Å²) >= 11 is 0. The van der Waals surface area contributed by atoms with Gasteiger partial charge in [-0.25, -0.2) is 0 Å². The molecule has 0 aromatic heterocycles. The predicted molar refractivity (Wildman–Crippen MR) is 127 cm³/mol. The molecule has 4 nitrogen and oxygen atoms in total. The lowest BCUT2D eigenvalue weighted by molar-refractivity contribution is -0.150. The van der Waals surface area contributed by atoms with Gasteiger partial charge in [-0.1, -0.05) is 77.2 Å². The monoisotopic (exact) mass is 483 g/mol. The van der Waals surface area contributed by atoms with Crippen LogP contribution in [0.5, 0.6) is 0 Å². The number of amides is 1. The topological polar surface area (TPSA) is 46.6 Å². The largest absolute Gasteiger partial charge is 0.465 e. The van der Waals surface area contributed by atoms with Gasteiger partial charge in [-0.05, 0) is 37.5 Å². The number of esters is 1. The molecule has 0 spiro atoms. The van der Waals surface area contributed by atoms with Crippen molar-refractivity contribution in [1.82, 2.24) is 4.90 Å². The van der Waals surface area contributed by atoms with Gasteiger partial charge < -0.3 is 9.64 Å². The van der Waals surface area contributed by atoms with E-state index in [4.69, 9.17) is 4.74 Å². The van der Waals surface area contributed by atoms with Gasteiger partial charge in [-0.15, -0.1) is 0 Å². The number of unbranched alkanes of at least 4 members (excludes halogenated alkanes) is 10. The molecule has 0 bridgehead atoms. The van der Waals surface area contributed by atoms with Crippen LogP contribution in [0.1, 0.15) is 106 Å². The highest BCUT2D eigenvalue weighted by atomic mass is 19.4. The van der Waals surface area contributed by atoms with E-state index in [-0.39, 0.29) is 17.5 Å². The van der Waals surface area contributed by atoms with Gasteiger partial charge in [0, 0.05) is 18.7 Å². The molecule has 1 aromatic rings. The summed E-state index contributed by atoms with van der Waals surface area (Å²) in [4.78, 5) is 26.4. The average molecular weight is 484 g/mol. The Bertz CT molecular complexity index is 743. The van der Waals surface area contributed by atoms with E-state index < -0.39 is 17.6 Å². The van der Waals surface area contributed by atoms with Gasteiger partial charge in [0.15, 0.2) is 0 Å². The minimum Gasteiger partial charge on any atom is -0.465 e. The van der Waals surface area contributed by atoms with Crippen LogP contribution in [-0.4, -0.2) is 36.5 Å². The number of hydrogen-bond donors (Lipinski definition) is 0. The highest BCUT2D eigenvalue weighted by molar-refractivity contribution is 5.94. The maximum Gasteiger partial charge on any atom is 0.416 e. The number of likely N-dealkylation sites (tertiary alicyclic amines) is 1. The quantitative estimate of drug-likeness (QED) is 0.204. The Morgan fingerprint density at radius 2 is 1.47 bits per heavy atom. The van der Waals surface area contributed by atoms with Gasteiger partial charge in [0.2, 0.25) is 0 Å². The molecule has 1 fully saturated rings. The van der Waals surface area contributed by atoms with Gasteiger partial charge in [0.05, 0.1) is 18.1 Å². The number of carbonyl (C=O) groups excluding carboxylic acids is 2. The summed E-state index contributed by atoms with van der Waals surface area (Å²) in [5.74, 6) is -0.907. The van der Waals surface area contributed by atoms with Crippen molar-refractivity contribution in [3.05, 3.63) is 35.4 Å². The molecule has 1 aromatic carbocycles. The van der Waals surface area contributed by atoms with Crippen molar-refractivity contribution >= 4 is 11.9 Å². The van der Waals surface area contributed by atoms with Crippen LogP contribution in [0.2, 0.25) is 0 Å². The zero-order valence-electron chi connectivity index (χ0n) is 20.5. The van der Waals surface area contributed by atoms with E-state index in [9.17, 15) is 22.8 Å². The summed E-state index contributed by atoms with van der Waals surface area (Å²) in [5.41, 5.74) is -0.813. The Kier molecular flexibility index (Phi) is 12.5. The van der Waals surface area contributed by atoms with Crippen LogP contribution < -0.4 is 0 Å². The first-order valence-corrected chi connectivity index (χ1v) is 13.0. The van der Waals surface area contributed by atoms with Gasteiger partial charge in [0.1, 0.15) is 0 Å². The number of carbonyl (C=O) groups is 2. The molecule has 1 amide bonds. The molecule has 1 aliphatic heterocycles. The van der Waals surface area contributed by atoms with Gasteiger partial charge >= 0.3 is 12.1 Å². The Balaban J connectivity index is 1.57. The van der Waals surface area contributed by atoms with E-state index in [1.165, 1.54) is 74.8 Å². The summed E-state index contributed by atoms with van der Waals surface area (Å²) in [5, 5.41) is 0. The molecule has 0 atom stereocenters. The van der Waals surface area contributed by atoms with Crippen molar-refractivity contribution in [1.29, 1.82) is 0 Å². The number of alkyl halides is 3. The first kappa shape index (κ1) is 28.2. The summed E-state index contributed by atoms with van der Waals surface area (Å²) in [6, 6.07) is 4.48. The smallest absolute Gasteiger partial charge is 0.416 e. The Labute approximate surface area is 202 Å². The van der Waals surface area contributed by atoms with Gasteiger partial charge in [-0.2, -0.15) is 13.2 Å². The highest BCUT2D eigenvalue weighted by Gasteiger charge is 2.32. The first-order chi connectivity index (χ1) is 16.3. The fraction of sp³-hybridized carbons (Fsp3) is 0.704. The lowest BCUT2D eigenvalue weighted by Crippen LogP contribution is -2.40. The molecule has 0 aliphatic carbocycles. The molecule has 0 saturated carbocycles. The van der Waals surface area contributed by atoms with Crippen molar-refractivity contribution in [3.8, 4) is 0 Å². The van der Waals surface area contributed by atoms with E-state index in [0.717, 1.165) is 25.0 Å². The number of ether oxygens (including phenoxy) is 1. The van der Waals surface area contributed by atoms with Crippen LogP contribution in [0.25, 0.3) is 0 Å². The normalized spacial score (nSPS) is 14.9. The molecular formula is C27H40F3NO3. The molecule has 2 rings (SSSR count). The lowest BCUT2D eigenvalue weighted by Gasteiger charge is -2.31. The van der Waals surface area contributed by atoms with Crippen molar-refractivity contribution in [2.75, 3.05) is 19.7 Å². The van der Waals surface area contributed by atoms with Crippen molar-refractivity contribution < 1.29 is 27.5 Å². The molecule has 7 heteroatoms. The number of halogens is 3. The summed E-state index contributed by atoms with van der Waals surface area (Å²) in [6.07, 6.45) is 10.1. The van der Waals surface area contributed by atoms with E-state index in [1.54, 1.807) is 0 Å². The fourth-order valence-electron chi connectivity index (χ4n) is 4.39. The molecule has 192 valence electrons. The number of benzene rings is 1. The second-order valence-electron chi connectivity index (χ2n) is 9.35. The van der Waals surface area contributed by atoms with Gasteiger partial charge in [0.25, 0.3) is 5.91 Å². The van der Waals surface area contributed by atoms with E-state index in [2.05, 4.69) is 6.92 Å². The number of rotatable bonds is 14. The standard InChI is InChI=1S/C27H40F3NO3/c1-2-3-4-5-6-7-8-9-10-11-12-20-34-26(33)22-16-18-31(19-17-22)25(32)23-14-13-15-24(21-23)27(28,29)30/h13-15,21-22H,2-12,16-20H2,1H3. The van der Waals surface area contributed by atoms with E-state index >= 15 is 0 Å². The van der Waals surface area contributed by atoms with Crippen molar-refractivity contribution in [2.24, 2.45) is 5.92 Å². The lowest BCUT2D eigenvalue weighted by atomic mass is 9.96. The number of hydrogen-bond acceptors (Lipinski definition) is 3. The van der Waals surface area contributed by atoms with E-state index in [1.807, 2.05) is 0 Å². The molecule has 0 radical (unpaired) electrons. The van der Waals surface area contributed by atoms with Crippen LogP contribution in [0.4, 0.5) is 13.2 Å². The van der Waals surface area contributed by atoms with Crippen LogP contribution in [0, 0.1) is 5.92 Å². The number of piperidine rings is 1. The highest BCUT2D eigenvalue weighted by Crippen LogP contribution is 2.30. The zero-order chi connectivity index (χ0) is 24.8. The average Bonchev–Trinajstić information content (AvgIpc) is 2.83. The maximum absolute atomic E-state index is 12.9. The SMILES string of the molecule is CCCCCCCCCCCCCOC(=O)C1CCN(C(=O)c2cccc(C(F)(F)F)c2)CC1. The first-order valence-electron chi connectivity index (χ1n) is 13.0. The minimum absolute atomic E-state index is 0.0207. The van der Waals surface area contributed by atoms with Crippen LogP contribution >= 0.6 is 0 Å². The molecular weight excluding hydrogens is 443 g/mol. The third-order valence-electron chi connectivity index (χ3n) is 6.54. The summed E-state index contributed by atoms with van der Waals surface area (Å²) < 4.78 is 44.1. The van der Waals surface area contributed by atoms with Crippen molar-refractivity contribution in [2.45, 2.75) is 96.6 Å². The second kappa shape index (κ2) is 15.0. The number of nitrogens with zero attached hydrogens (tertiary/aromatic N) is 1. The van der Waals surface area contributed by atoms with Crippen LogP contribution in [-0.2, 0) is 15.7 Å². The second-order valence-corrected chi connectivity index (χ2v) is 9.35. The molecule has 1 saturated heterocycles. The zero-order valence-corrected chi connectivity index (χ0v) is 20.5. The summed E-state index contributed by atoms with van der Waals surface area (Å²) in [7, 11) is 0. The predicted octanol–water partition coefficient (Wildman–Crippen LogP) is 7.41. The minimum atomic E-state index is -4.49. The molecule has 0 unspecified atom stereocenters. The Morgan fingerprint density at radius 1 is 0.912 bits per heavy atom. The Hall–Kier alpha value is -2.05. The third-order valence-corrected chi connectivity index (χ3v) is 6.54. The molecule has 34 heavy (non-hydrogen) atoms. The Morgan fingerprint density at radius 3 is 2.03 bits per heavy atom. The van der Waals surface area contributed by atoms with E-state index in [0.29, 0.717) is 32.5 Å². The van der Waals surface area contributed by atoms with Crippen molar-refractivity contribution in [3.63, 3.8) is 0 Å². The molecule has 0 N–H and O–H groups in total. The van der Waals surface area contributed by atoms with Crippen LogP contribution in [0.15, 0.2) is 24.3 Å². The fourth-order valence-corrected chi connectivity index (χ4v) is 4.39. The van der Waals surface area contributed by atoms with Gasteiger partial charge in [-0.3, -0.25) is 9.59 Å². The molecule has 1 heterocycles. The third kappa shape index (κ3) is 10.1. The molecule has 1 aliphatic rings.